The fourth-order valence-corrected chi connectivity index (χ4v) is 1.56. The number of carboxylic acids is 1. The number of amides is 1. The summed E-state index contributed by atoms with van der Waals surface area (Å²) in [5, 5.41) is 8.46. The minimum absolute atomic E-state index is 0.0869. The van der Waals surface area contributed by atoms with Crippen LogP contribution in [0.15, 0.2) is 22.7 Å². The van der Waals surface area contributed by atoms with Crippen LogP contribution in [0.25, 0.3) is 0 Å². The van der Waals surface area contributed by atoms with Crippen LogP contribution in [0.5, 0.6) is 0 Å². The van der Waals surface area contributed by atoms with Crippen LogP contribution in [0.3, 0.4) is 0 Å². The number of rotatable bonds is 2. The molecular formula is C10H9BrFNO3. The van der Waals surface area contributed by atoms with Crippen LogP contribution in [0.1, 0.15) is 5.56 Å². The first kappa shape index (κ1) is 12.6. The Morgan fingerprint density at radius 1 is 1.50 bits per heavy atom. The van der Waals surface area contributed by atoms with E-state index in [-0.39, 0.29) is 12.1 Å². The Bertz CT molecular complexity index is 436. The zero-order valence-electron chi connectivity index (χ0n) is 8.41. The Morgan fingerprint density at radius 2 is 2.12 bits per heavy atom. The average Bonchev–Trinajstić information content (AvgIpc) is 2.22. The van der Waals surface area contributed by atoms with Gasteiger partial charge in [-0.25, -0.2) is 9.18 Å². The van der Waals surface area contributed by atoms with Gasteiger partial charge in [-0.3, -0.25) is 4.79 Å². The molecule has 0 aromatic heterocycles. The number of likely N-dealkylation sites (N-methyl/N-ethyl adjacent to an activating group) is 1. The predicted molar refractivity (Wildman–Crippen MR) is 58.2 cm³/mol. The Hall–Kier alpha value is -1.43. The van der Waals surface area contributed by atoms with Crippen molar-refractivity contribution in [3.05, 3.63) is 34.1 Å². The van der Waals surface area contributed by atoms with Crippen molar-refractivity contribution in [3.63, 3.8) is 0 Å². The van der Waals surface area contributed by atoms with Gasteiger partial charge < -0.3 is 10.0 Å². The van der Waals surface area contributed by atoms with Gasteiger partial charge in [0.15, 0.2) is 0 Å². The van der Waals surface area contributed by atoms with Crippen LogP contribution in [0.4, 0.5) is 4.39 Å². The lowest BCUT2D eigenvalue weighted by molar-refractivity contribution is -0.155. The van der Waals surface area contributed by atoms with Gasteiger partial charge in [-0.05, 0) is 18.2 Å². The molecule has 1 N–H and O–H groups in total. The van der Waals surface area contributed by atoms with Crippen molar-refractivity contribution < 1.29 is 19.1 Å². The number of aliphatic carboxylic acids is 1. The molecule has 86 valence electrons. The predicted octanol–water partition coefficient (Wildman–Crippen LogP) is 1.63. The molecule has 1 aromatic rings. The van der Waals surface area contributed by atoms with E-state index in [2.05, 4.69) is 15.9 Å². The van der Waals surface area contributed by atoms with E-state index in [1.807, 2.05) is 0 Å². The Morgan fingerprint density at radius 3 is 2.69 bits per heavy atom. The molecule has 0 aliphatic heterocycles. The molecule has 0 spiro atoms. The fourth-order valence-electron chi connectivity index (χ4n) is 1.16. The second-order valence-electron chi connectivity index (χ2n) is 3.20. The van der Waals surface area contributed by atoms with Crippen molar-refractivity contribution in [1.29, 1.82) is 0 Å². The summed E-state index contributed by atoms with van der Waals surface area (Å²) in [5.74, 6) is -3.11. The van der Waals surface area contributed by atoms with E-state index < -0.39 is 17.7 Å². The standard InChI is InChI=1S/C10H9BrFNO3/c1-13(9(14)10(15)16)5-6-4-7(11)2-3-8(6)12/h2-4H,5H2,1H3,(H,15,16). The number of benzene rings is 1. The van der Waals surface area contributed by atoms with Crippen molar-refractivity contribution in [2.45, 2.75) is 6.54 Å². The molecule has 0 atom stereocenters. The first-order valence-corrected chi connectivity index (χ1v) is 5.13. The maximum atomic E-state index is 13.3. The van der Waals surface area contributed by atoms with Crippen LogP contribution >= 0.6 is 15.9 Å². The second kappa shape index (κ2) is 5.07. The molecule has 1 aromatic carbocycles. The molecule has 0 radical (unpaired) electrons. The van der Waals surface area contributed by atoms with Crippen molar-refractivity contribution in [3.8, 4) is 0 Å². The highest BCUT2D eigenvalue weighted by molar-refractivity contribution is 9.10. The first-order chi connectivity index (χ1) is 7.41. The Kier molecular flexibility index (Phi) is 4.00. The van der Waals surface area contributed by atoms with Crippen molar-refractivity contribution in [1.82, 2.24) is 4.90 Å². The van der Waals surface area contributed by atoms with E-state index in [9.17, 15) is 14.0 Å². The molecule has 0 aliphatic carbocycles. The fraction of sp³-hybridized carbons (Fsp3) is 0.200. The number of carbonyl (C=O) groups excluding carboxylic acids is 1. The van der Waals surface area contributed by atoms with Gasteiger partial charge in [0.1, 0.15) is 5.82 Å². The van der Waals surface area contributed by atoms with Gasteiger partial charge >= 0.3 is 11.9 Å². The smallest absolute Gasteiger partial charge is 0.394 e. The lowest BCUT2D eigenvalue weighted by Crippen LogP contribution is -2.32. The first-order valence-electron chi connectivity index (χ1n) is 4.34. The van der Waals surface area contributed by atoms with Crippen LogP contribution in [0.2, 0.25) is 0 Å². The van der Waals surface area contributed by atoms with Crippen LogP contribution in [-0.4, -0.2) is 28.9 Å². The van der Waals surface area contributed by atoms with E-state index >= 15 is 0 Å². The van der Waals surface area contributed by atoms with Crippen molar-refractivity contribution >= 4 is 27.8 Å². The van der Waals surface area contributed by atoms with Gasteiger partial charge in [-0.2, -0.15) is 0 Å². The number of carbonyl (C=O) groups is 2. The highest BCUT2D eigenvalue weighted by atomic mass is 79.9. The van der Waals surface area contributed by atoms with Gasteiger partial charge in [0.25, 0.3) is 0 Å². The van der Waals surface area contributed by atoms with E-state index in [4.69, 9.17) is 5.11 Å². The highest BCUT2D eigenvalue weighted by Crippen LogP contribution is 2.16. The Labute approximate surface area is 99.8 Å². The van der Waals surface area contributed by atoms with Crippen LogP contribution in [-0.2, 0) is 16.1 Å². The number of nitrogens with zero attached hydrogens (tertiary/aromatic N) is 1. The molecule has 0 unspecified atom stereocenters. The quantitative estimate of drug-likeness (QED) is 0.842. The van der Waals surface area contributed by atoms with E-state index in [1.165, 1.54) is 25.2 Å². The summed E-state index contributed by atoms with van der Waals surface area (Å²) in [4.78, 5) is 22.4. The third-order valence-electron chi connectivity index (χ3n) is 1.94. The largest absolute Gasteiger partial charge is 0.474 e. The number of halogens is 2. The molecule has 0 saturated heterocycles. The van der Waals surface area contributed by atoms with Gasteiger partial charge in [0, 0.05) is 23.6 Å². The molecular weight excluding hydrogens is 281 g/mol. The molecule has 6 heteroatoms. The van der Waals surface area contributed by atoms with E-state index in [1.54, 1.807) is 0 Å². The molecule has 0 heterocycles. The number of hydrogen-bond donors (Lipinski definition) is 1. The van der Waals surface area contributed by atoms with Gasteiger partial charge in [0.05, 0.1) is 0 Å². The molecule has 0 aliphatic rings. The third kappa shape index (κ3) is 3.03. The molecule has 1 amide bonds. The molecule has 16 heavy (non-hydrogen) atoms. The summed E-state index contributed by atoms with van der Waals surface area (Å²) in [6.07, 6.45) is 0. The SMILES string of the molecule is CN(Cc1cc(Br)ccc1F)C(=O)C(=O)O. The Balaban J connectivity index is 2.84. The summed E-state index contributed by atoms with van der Waals surface area (Å²) in [7, 11) is 1.30. The van der Waals surface area contributed by atoms with Crippen LogP contribution in [0, 0.1) is 5.82 Å². The highest BCUT2D eigenvalue weighted by Gasteiger charge is 2.18. The molecule has 0 bridgehead atoms. The third-order valence-corrected chi connectivity index (χ3v) is 2.44. The number of carboxylic acid groups (broad SMARTS) is 1. The maximum absolute atomic E-state index is 13.3. The summed E-state index contributed by atoms with van der Waals surface area (Å²) in [6, 6.07) is 4.28. The molecule has 4 nitrogen and oxygen atoms in total. The monoisotopic (exact) mass is 289 g/mol. The zero-order valence-corrected chi connectivity index (χ0v) is 9.99. The second-order valence-corrected chi connectivity index (χ2v) is 4.12. The van der Waals surface area contributed by atoms with E-state index in [0.717, 1.165) is 4.90 Å². The summed E-state index contributed by atoms with van der Waals surface area (Å²) < 4.78 is 14.0. The minimum Gasteiger partial charge on any atom is -0.474 e. The lowest BCUT2D eigenvalue weighted by atomic mass is 10.2. The normalized spacial score (nSPS) is 9.94. The van der Waals surface area contributed by atoms with Crippen molar-refractivity contribution in [2.24, 2.45) is 0 Å². The van der Waals surface area contributed by atoms with E-state index in [0.29, 0.717) is 4.47 Å². The lowest BCUT2D eigenvalue weighted by Gasteiger charge is -2.15. The summed E-state index contributed by atoms with van der Waals surface area (Å²) in [6.45, 7) is -0.0869. The topological polar surface area (TPSA) is 57.6 Å². The molecule has 0 fully saturated rings. The van der Waals surface area contributed by atoms with Crippen LogP contribution < -0.4 is 0 Å². The minimum atomic E-state index is -1.56. The number of hydrogen-bond acceptors (Lipinski definition) is 2. The summed E-state index contributed by atoms with van der Waals surface area (Å²) in [5.41, 5.74) is 0.256. The van der Waals surface area contributed by atoms with Crippen molar-refractivity contribution in [2.75, 3.05) is 7.05 Å². The van der Waals surface area contributed by atoms with Gasteiger partial charge in [-0.15, -0.1) is 0 Å². The molecule has 1 rings (SSSR count). The maximum Gasteiger partial charge on any atom is 0.394 e. The van der Waals surface area contributed by atoms with Gasteiger partial charge in [-0.1, -0.05) is 15.9 Å². The zero-order chi connectivity index (χ0) is 12.3. The van der Waals surface area contributed by atoms with Gasteiger partial charge in [0.2, 0.25) is 0 Å². The molecule has 0 saturated carbocycles. The summed E-state index contributed by atoms with van der Waals surface area (Å²) >= 11 is 3.17. The average molecular weight is 290 g/mol.